The lowest BCUT2D eigenvalue weighted by atomic mass is 9.87. The summed E-state index contributed by atoms with van der Waals surface area (Å²) in [5.74, 6) is 0.174. The monoisotopic (exact) mass is 427 g/mol. The number of hydrogen-bond donors (Lipinski definition) is 1. The van der Waals surface area contributed by atoms with Crippen molar-refractivity contribution in [2.24, 2.45) is 5.92 Å². The van der Waals surface area contributed by atoms with Crippen LogP contribution in [0.3, 0.4) is 0 Å². The van der Waals surface area contributed by atoms with E-state index < -0.39 is 20.6 Å². The molecule has 1 fully saturated rings. The molecule has 0 atom stereocenters. The molecule has 1 N–H and O–H groups in total. The van der Waals surface area contributed by atoms with Crippen molar-refractivity contribution in [3.05, 3.63) is 28.3 Å². The molecule has 1 aromatic carbocycles. The highest BCUT2D eigenvalue weighted by Crippen LogP contribution is 2.31. The maximum Gasteiger partial charge on any atom is 0.312 e. The van der Waals surface area contributed by atoms with E-state index in [1.807, 2.05) is 0 Å². The first kappa shape index (κ1) is 23.1. The quantitative estimate of drug-likeness (QED) is 0.478. The third-order valence-electron chi connectivity index (χ3n) is 5.21. The van der Waals surface area contributed by atoms with Crippen molar-refractivity contribution in [2.75, 3.05) is 19.7 Å². The number of amides is 1. The number of nitro benzene ring substituents is 1. The van der Waals surface area contributed by atoms with Crippen LogP contribution in [-0.2, 0) is 14.8 Å². The fraction of sp³-hybridized carbons (Fsp3) is 0.632. The summed E-state index contributed by atoms with van der Waals surface area (Å²) < 4.78 is 31.7. The van der Waals surface area contributed by atoms with E-state index in [4.69, 9.17) is 4.74 Å². The van der Waals surface area contributed by atoms with Crippen molar-refractivity contribution in [3.63, 3.8) is 0 Å². The van der Waals surface area contributed by atoms with Crippen molar-refractivity contribution in [2.45, 2.75) is 57.4 Å². The molecule has 1 saturated carbocycles. The van der Waals surface area contributed by atoms with Crippen molar-refractivity contribution >= 4 is 21.6 Å². The molecule has 0 aliphatic heterocycles. The van der Waals surface area contributed by atoms with Crippen LogP contribution in [0.4, 0.5) is 5.69 Å². The number of nitrogens with zero attached hydrogens (tertiary/aromatic N) is 2. The number of nitro groups is 1. The molecule has 1 aliphatic carbocycles. The Morgan fingerprint density at radius 1 is 1.24 bits per heavy atom. The summed E-state index contributed by atoms with van der Waals surface area (Å²) in [6.45, 7) is 5.71. The summed E-state index contributed by atoms with van der Waals surface area (Å²) >= 11 is 0. The largest absolute Gasteiger partial charge is 0.477 e. The number of carbonyl (C=O) groups is 1. The molecule has 1 aliphatic rings. The third-order valence-corrected chi connectivity index (χ3v) is 7.26. The Morgan fingerprint density at radius 3 is 2.41 bits per heavy atom. The predicted octanol–water partition coefficient (Wildman–Crippen LogP) is 2.70. The van der Waals surface area contributed by atoms with Crippen LogP contribution < -0.4 is 10.1 Å². The highest BCUT2D eigenvalue weighted by atomic mass is 32.2. The minimum absolute atomic E-state index is 0.0962. The Bertz CT molecular complexity index is 830. The van der Waals surface area contributed by atoms with Gasteiger partial charge in [0, 0.05) is 25.2 Å². The van der Waals surface area contributed by atoms with Gasteiger partial charge in [-0.25, -0.2) is 8.42 Å². The molecule has 0 saturated heterocycles. The summed E-state index contributed by atoms with van der Waals surface area (Å²) in [6.07, 6.45) is 3.93. The Hall–Kier alpha value is -2.20. The lowest BCUT2D eigenvalue weighted by Gasteiger charge is -2.26. The van der Waals surface area contributed by atoms with Gasteiger partial charge < -0.3 is 10.1 Å². The molecule has 9 nitrogen and oxygen atoms in total. The van der Waals surface area contributed by atoms with Gasteiger partial charge in [0.2, 0.25) is 10.0 Å². The highest BCUT2D eigenvalue weighted by Gasteiger charge is 2.27. The van der Waals surface area contributed by atoms with Gasteiger partial charge in [-0.2, -0.15) is 4.31 Å². The highest BCUT2D eigenvalue weighted by molar-refractivity contribution is 7.89. The number of rotatable bonds is 9. The fourth-order valence-electron chi connectivity index (χ4n) is 3.45. The Labute approximate surface area is 171 Å². The van der Waals surface area contributed by atoms with E-state index in [-0.39, 0.29) is 42.3 Å². The van der Waals surface area contributed by atoms with Crippen LogP contribution in [0.1, 0.15) is 46.5 Å². The summed E-state index contributed by atoms with van der Waals surface area (Å²) in [5.41, 5.74) is -0.488. The van der Waals surface area contributed by atoms with Crippen LogP contribution in [0.25, 0.3) is 0 Å². The molecule has 0 spiro atoms. The molecular formula is C19H29N3O6S. The van der Waals surface area contributed by atoms with E-state index in [1.165, 1.54) is 16.4 Å². The average Bonchev–Trinajstić information content (AvgIpc) is 2.68. The Morgan fingerprint density at radius 2 is 1.86 bits per heavy atom. The number of carbonyl (C=O) groups excluding carboxylic acids is 1. The second-order valence-corrected chi connectivity index (χ2v) is 9.23. The van der Waals surface area contributed by atoms with Crippen molar-refractivity contribution < 1.29 is 22.9 Å². The van der Waals surface area contributed by atoms with Crippen LogP contribution in [0.2, 0.25) is 0 Å². The van der Waals surface area contributed by atoms with Crippen LogP contribution >= 0.6 is 0 Å². The van der Waals surface area contributed by atoms with E-state index in [1.54, 1.807) is 13.8 Å². The molecule has 2 rings (SSSR count). The van der Waals surface area contributed by atoms with Crippen LogP contribution in [0.5, 0.6) is 5.75 Å². The van der Waals surface area contributed by atoms with Gasteiger partial charge in [-0.05, 0) is 43.7 Å². The van der Waals surface area contributed by atoms with Gasteiger partial charge in [-0.15, -0.1) is 0 Å². The molecule has 29 heavy (non-hydrogen) atoms. The molecule has 0 radical (unpaired) electrons. The van der Waals surface area contributed by atoms with E-state index in [0.29, 0.717) is 5.92 Å². The second kappa shape index (κ2) is 10.0. The summed E-state index contributed by atoms with van der Waals surface area (Å²) in [6, 6.07) is 3.56. The van der Waals surface area contributed by atoms with Crippen molar-refractivity contribution in [1.82, 2.24) is 9.62 Å². The van der Waals surface area contributed by atoms with Crippen LogP contribution in [0.15, 0.2) is 23.1 Å². The van der Waals surface area contributed by atoms with Gasteiger partial charge in [-0.3, -0.25) is 14.9 Å². The van der Waals surface area contributed by atoms with Gasteiger partial charge in [-0.1, -0.05) is 20.8 Å². The summed E-state index contributed by atoms with van der Waals surface area (Å²) in [4.78, 5) is 22.7. The average molecular weight is 428 g/mol. The topological polar surface area (TPSA) is 119 Å². The molecule has 162 valence electrons. The first-order valence-electron chi connectivity index (χ1n) is 9.89. The minimum Gasteiger partial charge on any atom is -0.477 e. The van der Waals surface area contributed by atoms with Crippen LogP contribution in [0, 0.1) is 16.0 Å². The lowest BCUT2D eigenvalue weighted by molar-refractivity contribution is -0.386. The molecule has 0 unspecified atom stereocenters. The number of ether oxygens (including phenoxy) is 1. The van der Waals surface area contributed by atoms with Gasteiger partial charge in [0.1, 0.15) is 0 Å². The SMILES string of the molecule is CCN(CC)S(=O)(=O)c1ccc(OCC(=O)NC2CCC(C)CC2)c([N+](=O)[O-])c1. The normalized spacial score (nSPS) is 19.7. The Kier molecular flexibility index (Phi) is 7.97. The van der Waals surface area contributed by atoms with Crippen LogP contribution in [-0.4, -0.2) is 49.3 Å². The number of nitrogens with one attached hydrogen (secondary N) is 1. The van der Waals surface area contributed by atoms with E-state index in [2.05, 4.69) is 12.2 Å². The molecular weight excluding hydrogens is 398 g/mol. The zero-order chi connectivity index (χ0) is 21.6. The zero-order valence-corrected chi connectivity index (χ0v) is 17.9. The van der Waals surface area contributed by atoms with Gasteiger partial charge >= 0.3 is 5.69 Å². The predicted molar refractivity (Wildman–Crippen MR) is 108 cm³/mol. The first-order valence-corrected chi connectivity index (χ1v) is 11.3. The molecule has 1 amide bonds. The van der Waals surface area contributed by atoms with Gasteiger partial charge in [0.15, 0.2) is 12.4 Å². The number of hydrogen-bond acceptors (Lipinski definition) is 6. The fourth-order valence-corrected chi connectivity index (χ4v) is 4.93. The lowest BCUT2D eigenvalue weighted by Crippen LogP contribution is -2.39. The van der Waals surface area contributed by atoms with E-state index >= 15 is 0 Å². The number of benzene rings is 1. The van der Waals surface area contributed by atoms with Gasteiger partial charge in [0.05, 0.1) is 9.82 Å². The van der Waals surface area contributed by atoms with E-state index in [0.717, 1.165) is 31.7 Å². The zero-order valence-electron chi connectivity index (χ0n) is 17.1. The van der Waals surface area contributed by atoms with E-state index in [9.17, 15) is 23.3 Å². The van der Waals surface area contributed by atoms with Crippen molar-refractivity contribution in [1.29, 1.82) is 0 Å². The molecule has 10 heteroatoms. The minimum atomic E-state index is -3.83. The first-order chi connectivity index (χ1) is 13.7. The maximum atomic E-state index is 12.6. The smallest absolute Gasteiger partial charge is 0.312 e. The maximum absolute atomic E-state index is 12.6. The second-order valence-electron chi connectivity index (χ2n) is 7.29. The van der Waals surface area contributed by atoms with Gasteiger partial charge in [0.25, 0.3) is 5.91 Å². The summed E-state index contributed by atoms with van der Waals surface area (Å²) in [5, 5.41) is 14.3. The molecule has 0 aromatic heterocycles. The standard InChI is InChI=1S/C19H29N3O6S/c1-4-21(5-2)29(26,27)16-10-11-18(17(12-16)22(24)25)28-13-19(23)20-15-8-6-14(3)7-9-15/h10-12,14-15H,4-9,13H2,1-3H3,(H,20,23). The third kappa shape index (κ3) is 5.89. The summed E-state index contributed by atoms with van der Waals surface area (Å²) in [7, 11) is -3.83. The number of sulfonamides is 1. The Balaban J connectivity index is 2.09. The molecule has 0 bridgehead atoms. The van der Waals surface area contributed by atoms with Crippen molar-refractivity contribution in [3.8, 4) is 5.75 Å². The molecule has 0 heterocycles. The molecule has 1 aromatic rings.